The highest BCUT2D eigenvalue weighted by molar-refractivity contribution is 7.09. The highest BCUT2D eigenvalue weighted by Crippen LogP contribution is 2.34. The molecule has 1 N–H and O–H groups in total. The fraction of sp³-hybridized carbons (Fsp3) is 0.579. The molecule has 2 fully saturated rings. The number of carbonyl (C=O) groups is 1. The molecule has 11 heteroatoms. The minimum Gasteiger partial charge on any atom is -0.475 e. The Bertz CT molecular complexity index is 853. The second-order valence-electron chi connectivity index (χ2n) is 7.22. The maximum Gasteiger partial charge on any atom is 0.490 e. The number of aliphatic carboxylic acids is 1. The van der Waals surface area contributed by atoms with Gasteiger partial charge in [-0.25, -0.2) is 9.78 Å². The van der Waals surface area contributed by atoms with E-state index in [4.69, 9.17) is 23.8 Å². The zero-order valence-corrected chi connectivity index (χ0v) is 17.3. The minimum absolute atomic E-state index is 0.209. The van der Waals surface area contributed by atoms with Crippen LogP contribution in [0.1, 0.15) is 22.2 Å². The van der Waals surface area contributed by atoms with Gasteiger partial charge in [-0.3, -0.25) is 4.90 Å². The number of ether oxygens (including phenoxy) is 2. The Hall–Kier alpha value is -1.95. The van der Waals surface area contributed by atoms with Crippen LogP contribution in [0.15, 0.2) is 21.9 Å². The molecule has 166 valence electrons. The number of hydrogen-bond donors (Lipinski definition) is 1. The van der Waals surface area contributed by atoms with Crippen LogP contribution >= 0.6 is 11.3 Å². The van der Waals surface area contributed by atoms with Crippen molar-refractivity contribution in [3.8, 4) is 0 Å². The van der Waals surface area contributed by atoms with Gasteiger partial charge in [0.05, 0.1) is 43.2 Å². The second-order valence-corrected chi connectivity index (χ2v) is 8.28. The maximum atomic E-state index is 10.6. The summed E-state index contributed by atoms with van der Waals surface area (Å²) >= 11 is 1.67. The summed E-state index contributed by atoms with van der Waals surface area (Å²) in [6.45, 7) is 7.94. The molecule has 2 aromatic rings. The van der Waals surface area contributed by atoms with Crippen molar-refractivity contribution in [1.82, 2.24) is 9.88 Å². The standard InChI is InChI=1S/C17H22N2O3S.C2HF3O2/c1-11-3-4-14(22-11)5-19-6-17(15-8-20-9-16(15)19)21-7-13-10-23-12(2)18-13;3-2(4,5)1(6)7/h3-4,10,15-17H,5-9H2,1-2H3;(H,6,7)/t15-,16+,17-;/m0./s1. The minimum atomic E-state index is -5.08. The number of rotatable bonds is 5. The molecule has 4 rings (SSSR count). The molecule has 0 saturated carbocycles. The van der Waals surface area contributed by atoms with E-state index < -0.39 is 12.1 Å². The quantitative estimate of drug-likeness (QED) is 0.750. The third-order valence-corrected chi connectivity index (χ3v) is 5.79. The number of carboxylic acids is 1. The predicted octanol–water partition coefficient (Wildman–Crippen LogP) is 3.40. The van der Waals surface area contributed by atoms with Crippen molar-refractivity contribution >= 4 is 17.3 Å². The highest BCUT2D eigenvalue weighted by atomic mass is 32.1. The fourth-order valence-corrected chi connectivity index (χ4v) is 4.19. The van der Waals surface area contributed by atoms with Crippen molar-refractivity contribution in [3.63, 3.8) is 0 Å². The van der Waals surface area contributed by atoms with E-state index in [9.17, 15) is 13.2 Å². The van der Waals surface area contributed by atoms with Gasteiger partial charge >= 0.3 is 12.1 Å². The van der Waals surface area contributed by atoms with Gasteiger partial charge in [0.1, 0.15) is 11.5 Å². The summed E-state index contributed by atoms with van der Waals surface area (Å²) in [6, 6.07) is 4.52. The Morgan fingerprint density at radius 1 is 1.37 bits per heavy atom. The molecule has 0 aliphatic carbocycles. The summed E-state index contributed by atoms with van der Waals surface area (Å²) in [5.41, 5.74) is 1.03. The van der Waals surface area contributed by atoms with E-state index in [0.29, 0.717) is 18.6 Å². The number of aromatic nitrogens is 1. The molecular weight excluding hydrogens is 425 g/mol. The van der Waals surface area contributed by atoms with Gasteiger partial charge in [-0.05, 0) is 26.0 Å². The molecular formula is C19H23F3N2O5S. The summed E-state index contributed by atoms with van der Waals surface area (Å²) in [4.78, 5) is 15.8. The van der Waals surface area contributed by atoms with Crippen molar-refractivity contribution in [2.24, 2.45) is 5.92 Å². The first-order chi connectivity index (χ1) is 14.1. The number of furan rings is 1. The lowest BCUT2D eigenvalue weighted by atomic mass is 10.0. The summed E-state index contributed by atoms with van der Waals surface area (Å²) in [7, 11) is 0. The van der Waals surface area contributed by atoms with Crippen LogP contribution in [-0.4, -0.2) is 59.0 Å². The molecule has 3 atom stereocenters. The topological polar surface area (TPSA) is 85.0 Å². The Morgan fingerprint density at radius 3 is 2.67 bits per heavy atom. The van der Waals surface area contributed by atoms with Crippen molar-refractivity contribution in [3.05, 3.63) is 39.7 Å². The van der Waals surface area contributed by atoms with Crippen LogP contribution in [0.5, 0.6) is 0 Å². The summed E-state index contributed by atoms with van der Waals surface area (Å²) in [5, 5.41) is 10.3. The number of thiazole rings is 1. The van der Waals surface area contributed by atoms with Crippen molar-refractivity contribution in [2.45, 2.75) is 45.3 Å². The molecule has 4 heterocycles. The van der Waals surface area contributed by atoms with Gasteiger partial charge < -0.3 is 19.0 Å². The molecule has 7 nitrogen and oxygen atoms in total. The third kappa shape index (κ3) is 5.81. The number of fused-ring (bicyclic) bond motifs is 1. The number of hydrogen-bond acceptors (Lipinski definition) is 7. The van der Waals surface area contributed by atoms with E-state index in [1.807, 2.05) is 19.9 Å². The van der Waals surface area contributed by atoms with E-state index in [-0.39, 0.29) is 6.10 Å². The molecule has 0 spiro atoms. The summed E-state index contributed by atoms with van der Waals surface area (Å²) < 4.78 is 49.4. The summed E-state index contributed by atoms with van der Waals surface area (Å²) in [5.74, 6) is -0.327. The molecule has 2 saturated heterocycles. The van der Waals surface area contributed by atoms with Crippen LogP contribution in [0.3, 0.4) is 0 Å². The van der Waals surface area contributed by atoms with Gasteiger partial charge in [0.2, 0.25) is 0 Å². The molecule has 0 radical (unpaired) electrons. The normalized spacial score (nSPS) is 23.8. The number of aryl methyl sites for hydroxylation is 2. The SMILES string of the molecule is Cc1ccc(CN2C[C@H](OCc3csc(C)n3)[C@H]3COC[C@H]32)o1.O=C(O)C(F)(F)F. The van der Waals surface area contributed by atoms with E-state index >= 15 is 0 Å². The number of alkyl halides is 3. The van der Waals surface area contributed by atoms with Crippen LogP contribution in [0, 0.1) is 19.8 Å². The zero-order chi connectivity index (χ0) is 21.9. The molecule has 0 aromatic carbocycles. The Labute approximate surface area is 175 Å². The molecule has 0 unspecified atom stereocenters. The number of nitrogens with zero attached hydrogens (tertiary/aromatic N) is 2. The van der Waals surface area contributed by atoms with E-state index in [1.165, 1.54) is 0 Å². The Morgan fingerprint density at radius 2 is 2.10 bits per heavy atom. The van der Waals surface area contributed by atoms with Crippen molar-refractivity contribution in [1.29, 1.82) is 0 Å². The van der Waals surface area contributed by atoms with Gasteiger partial charge in [-0.15, -0.1) is 11.3 Å². The zero-order valence-electron chi connectivity index (χ0n) is 16.5. The van der Waals surface area contributed by atoms with E-state index in [2.05, 4.69) is 21.3 Å². The third-order valence-electron chi connectivity index (χ3n) is 4.96. The molecule has 30 heavy (non-hydrogen) atoms. The van der Waals surface area contributed by atoms with Gasteiger partial charge in [0.25, 0.3) is 0 Å². The van der Waals surface area contributed by atoms with Crippen LogP contribution in [0.25, 0.3) is 0 Å². The van der Waals surface area contributed by atoms with E-state index in [0.717, 1.165) is 48.5 Å². The Kier molecular flexibility index (Phi) is 7.17. The monoisotopic (exact) mass is 448 g/mol. The van der Waals surface area contributed by atoms with Crippen LogP contribution in [-0.2, 0) is 27.4 Å². The van der Waals surface area contributed by atoms with Crippen molar-refractivity contribution in [2.75, 3.05) is 19.8 Å². The van der Waals surface area contributed by atoms with Gasteiger partial charge in [0.15, 0.2) is 0 Å². The fourth-order valence-electron chi connectivity index (χ4n) is 3.59. The van der Waals surface area contributed by atoms with Crippen LogP contribution in [0.4, 0.5) is 13.2 Å². The predicted molar refractivity (Wildman–Crippen MR) is 101 cm³/mol. The van der Waals surface area contributed by atoms with Crippen LogP contribution < -0.4 is 0 Å². The number of carboxylic acid groups (broad SMARTS) is 1. The average Bonchev–Trinajstić information content (AvgIpc) is 3.41. The number of likely N-dealkylation sites (tertiary alicyclic amines) is 1. The smallest absolute Gasteiger partial charge is 0.475 e. The van der Waals surface area contributed by atoms with Crippen LogP contribution in [0.2, 0.25) is 0 Å². The van der Waals surface area contributed by atoms with Crippen molar-refractivity contribution < 1.29 is 37.0 Å². The lowest BCUT2D eigenvalue weighted by molar-refractivity contribution is -0.192. The first-order valence-corrected chi connectivity index (χ1v) is 10.2. The van der Waals surface area contributed by atoms with E-state index in [1.54, 1.807) is 11.3 Å². The number of halogens is 3. The first kappa shape index (κ1) is 22.7. The second kappa shape index (κ2) is 9.46. The van der Waals surface area contributed by atoms with Gasteiger partial charge in [-0.1, -0.05) is 0 Å². The van der Waals surface area contributed by atoms with Gasteiger partial charge in [0, 0.05) is 23.9 Å². The van der Waals surface area contributed by atoms with Gasteiger partial charge in [-0.2, -0.15) is 13.2 Å². The maximum absolute atomic E-state index is 10.6. The lowest BCUT2D eigenvalue weighted by Crippen LogP contribution is -2.32. The summed E-state index contributed by atoms with van der Waals surface area (Å²) in [6.07, 6.45) is -4.87. The molecule has 2 aliphatic heterocycles. The molecule has 0 amide bonds. The Balaban J connectivity index is 0.000000318. The highest BCUT2D eigenvalue weighted by Gasteiger charge is 2.46. The first-order valence-electron chi connectivity index (χ1n) is 9.33. The largest absolute Gasteiger partial charge is 0.490 e. The molecule has 2 aromatic heterocycles. The molecule has 0 bridgehead atoms. The lowest BCUT2D eigenvalue weighted by Gasteiger charge is -2.20. The average molecular weight is 448 g/mol. The molecule has 2 aliphatic rings.